The molecule has 12 nitrogen and oxygen atoms in total. The van der Waals surface area contributed by atoms with E-state index >= 15 is 0 Å². The zero-order chi connectivity index (χ0) is 24.3. The summed E-state index contributed by atoms with van der Waals surface area (Å²) in [5, 5.41) is 0. The van der Waals surface area contributed by atoms with Crippen molar-refractivity contribution in [1.29, 1.82) is 0 Å². The lowest BCUT2D eigenvalue weighted by molar-refractivity contribution is -0.306. The fraction of sp³-hybridized carbons (Fsp3) is 0.650. The quantitative estimate of drug-likeness (QED) is 0.249. The fourth-order valence-corrected chi connectivity index (χ4v) is 2.77. The average molecular weight is 460 g/mol. The molecule has 0 N–H and O–H groups in total. The van der Waals surface area contributed by atoms with Crippen LogP contribution in [0.5, 0.6) is 0 Å². The summed E-state index contributed by atoms with van der Waals surface area (Å²) in [5.41, 5.74) is 0. The largest absolute Gasteiger partial charge is 0.463 e. The summed E-state index contributed by atoms with van der Waals surface area (Å²) < 4.78 is 36.9. The Morgan fingerprint density at radius 3 is 1.69 bits per heavy atom. The number of hydrogen-bond donors (Lipinski definition) is 0. The normalized spacial score (nSPS) is 25.0. The third-order valence-corrected chi connectivity index (χ3v) is 3.85. The van der Waals surface area contributed by atoms with Crippen LogP contribution in [0.25, 0.3) is 0 Å². The maximum Gasteiger partial charge on any atom is 0.303 e. The van der Waals surface area contributed by atoms with E-state index in [-0.39, 0.29) is 19.8 Å². The van der Waals surface area contributed by atoms with Crippen LogP contribution in [0.3, 0.4) is 0 Å². The van der Waals surface area contributed by atoms with Crippen LogP contribution in [-0.4, -0.2) is 80.4 Å². The maximum absolute atomic E-state index is 11.7. The van der Waals surface area contributed by atoms with Crippen molar-refractivity contribution in [2.75, 3.05) is 19.8 Å². The van der Waals surface area contributed by atoms with Crippen LogP contribution in [0, 0.1) is 0 Å². The minimum atomic E-state index is -1.30. The Morgan fingerprint density at radius 2 is 1.16 bits per heavy atom. The summed E-state index contributed by atoms with van der Waals surface area (Å²) in [4.78, 5) is 57.1. The molecule has 0 aromatic carbocycles. The van der Waals surface area contributed by atoms with Gasteiger partial charge in [0.15, 0.2) is 24.6 Å². The number of carbonyl (C=O) groups is 5. The van der Waals surface area contributed by atoms with Gasteiger partial charge in [-0.05, 0) is 6.08 Å². The van der Waals surface area contributed by atoms with E-state index in [4.69, 9.17) is 33.2 Å². The smallest absolute Gasteiger partial charge is 0.303 e. The molecule has 0 bridgehead atoms. The molecule has 180 valence electrons. The molecule has 1 fully saturated rings. The van der Waals surface area contributed by atoms with Gasteiger partial charge in [0.05, 0.1) is 6.61 Å². The number of ether oxygens (including phenoxy) is 7. The maximum atomic E-state index is 11.7. The van der Waals surface area contributed by atoms with E-state index in [1.54, 1.807) is 0 Å². The first-order valence-corrected chi connectivity index (χ1v) is 9.71. The molecule has 0 aromatic heterocycles. The minimum absolute atomic E-state index is 0.0251. The SMILES string of the molecule is CC(=O)OC/C=C/CO[C@H]1O[C@H](COC(C)=O)[C@H](OC(C)=O)[C@H](OC(C)=O)[C@H]1OC(C)=O. The van der Waals surface area contributed by atoms with Gasteiger partial charge < -0.3 is 33.2 Å². The van der Waals surface area contributed by atoms with Gasteiger partial charge in [-0.15, -0.1) is 0 Å². The summed E-state index contributed by atoms with van der Waals surface area (Å²) in [5.74, 6) is -3.26. The van der Waals surface area contributed by atoms with Crippen LogP contribution in [0.1, 0.15) is 34.6 Å². The van der Waals surface area contributed by atoms with E-state index in [1.165, 1.54) is 26.0 Å². The highest BCUT2D eigenvalue weighted by Gasteiger charge is 2.52. The molecule has 12 heteroatoms. The minimum Gasteiger partial charge on any atom is -0.463 e. The van der Waals surface area contributed by atoms with Crippen molar-refractivity contribution in [3.63, 3.8) is 0 Å². The Labute approximate surface area is 185 Å². The number of hydrogen-bond acceptors (Lipinski definition) is 12. The van der Waals surface area contributed by atoms with Crippen LogP contribution in [0.4, 0.5) is 0 Å². The summed E-state index contributed by atoms with van der Waals surface area (Å²) in [7, 11) is 0. The van der Waals surface area contributed by atoms with E-state index in [1.807, 2.05) is 0 Å². The van der Waals surface area contributed by atoms with Crippen molar-refractivity contribution in [3.8, 4) is 0 Å². The van der Waals surface area contributed by atoms with Crippen LogP contribution < -0.4 is 0 Å². The predicted octanol–water partition coefficient (Wildman–Crippen LogP) is 0.205. The van der Waals surface area contributed by atoms with Gasteiger partial charge in [-0.1, -0.05) is 6.08 Å². The molecule has 32 heavy (non-hydrogen) atoms. The molecule has 1 rings (SSSR count). The molecule has 0 aliphatic carbocycles. The lowest BCUT2D eigenvalue weighted by atomic mass is 9.98. The molecular weight excluding hydrogens is 432 g/mol. The van der Waals surface area contributed by atoms with Gasteiger partial charge in [0.1, 0.15) is 19.3 Å². The molecule has 1 aliphatic heterocycles. The second-order valence-electron chi connectivity index (χ2n) is 6.67. The molecule has 1 heterocycles. The number of carbonyl (C=O) groups excluding carboxylic acids is 5. The first-order valence-electron chi connectivity index (χ1n) is 9.71. The molecular formula is C20H28O12. The van der Waals surface area contributed by atoms with E-state index in [0.717, 1.165) is 20.8 Å². The van der Waals surface area contributed by atoms with E-state index < -0.39 is 60.6 Å². The van der Waals surface area contributed by atoms with Gasteiger partial charge >= 0.3 is 29.8 Å². The van der Waals surface area contributed by atoms with Crippen molar-refractivity contribution < 1.29 is 57.1 Å². The van der Waals surface area contributed by atoms with Gasteiger partial charge in [-0.2, -0.15) is 0 Å². The van der Waals surface area contributed by atoms with Crippen molar-refractivity contribution in [2.45, 2.75) is 65.3 Å². The highest BCUT2D eigenvalue weighted by Crippen LogP contribution is 2.29. The third-order valence-electron chi connectivity index (χ3n) is 3.85. The van der Waals surface area contributed by atoms with Gasteiger partial charge in [0.25, 0.3) is 0 Å². The topological polar surface area (TPSA) is 150 Å². The molecule has 5 atom stereocenters. The summed E-state index contributed by atoms with van der Waals surface area (Å²) in [6.45, 7) is 5.45. The Kier molecular flexibility index (Phi) is 11.3. The number of esters is 5. The van der Waals surface area contributed by atoms with Crippen LogP contribution in [0.15, 0.2) is 12.2 Å². The Hall–Kier alpha value is -2.99. The van der Waals surface area contributed by atoms with Gasteiger partial charge in [-0.25, -0.2) is 0 Å². The van der Waals surface area contributed by atoms with E-state index in [0.29, 0.717) is 0 Å². The standard InChI is InChI=1S/C20H28O12/c1-11(21)26-8-6-7-9-27-20-19(31-15(5)25)18(30-14(4)24)17(29-13(3)23)16(32-20)10-28-12(2)22/h6-7,16-20H,8-10H2,1-5H3/b7-6+/t16-,17+,18+,19-,20+/m1/s1. The van der Waals surface area contributed by atoms with Crippen LogP contribution in [0.2, 0.25) is 0 Å². The Balaban J connectivity index is 3.12. The van der Waals surface area contributed by atoms with E-state index in [2.05, 4.69) is 0 Å². The van der Waals surface area contributed by atoms with E-state index in [9.17, 15) is 24.0 Å². The molecule has 1 saturated heterocycles. The molecule has 0 amide bonds. The van der Waals surface area contributed by atoms with Gasteiger partial charge in [0.2, 0.25) is 0 Å². The second kappa shape index (κ2) is 13.4. The summed E-state index contributed by atoms with van der Waals surface area (Å²) in [6, 6.07) is 0. The third kappa shape index (κ3) is 9.88. The van der Waals surface area contributed by atoms with Crippen molar-refractivity contribution in [1.82, 2.24) is 0 Å². The van der Waals surface area contributed by atoms with Crippen molar-refractivity contribution in [3.05, 3.63) is 12.2 Å². The summed E-state index contributed by atoms with van der Waals surface area (Å²) >= 11 is 0. The summed E-state index contributed by atoms with van der Waals surface area (Å²) in [6.07, 6.45) is -3.16. The lowest BCUT2D eigenvalue weighted by Gasteiger charge is -2.43. The first kappa shape index (κ1) is 27.0. The van der Waals surface area contributed by atoms with Crippen LogP contribution in [-0.2, 0) is 57.1 Å². The van der Waals surface area contributed by atoms with Crippen molar-refractivity contribution >= 4 is 29.8 Å². The van der Waals surface area contributed by atoms with Gasteiger partial charge in [-0.3, -0.25) is 24.0 Å². The van der Waals surface area contributed by atoms with Gasteiger partial charge in [0, 0.05) is 34.6 Å². The Morgan fingerprint density at radius 1 is 0.656 bits per heavy atom. The Bertz CT molecular complexity index is 715. The molecule has 0 spiro atoms. The zero-order valence-electron chi connectivity index (χ0n) is 18.6. The molecule has 0 aromatic rings. The lowest BCUT2D eigenvalue weighted by Crippen LogP contribution is -2.62. The molecule has 0 radical (unpaired) electrons. The molecule has 0 unspecified atom stereocenters. The van der Waals surface area contributed by atoms with Crippen molar-refractivity contribution in [2.24, 2.45) is 0 Å². The first-order chi connectivity index (χ1) is 15.0. The molecule has 0 saturated carbocycles. The monoisotopic (exact) mass is 460 g/mol. The highest BCUT2D eigenvalue weighted by atomic mass is 16.7. The fourth-order valence-electron chi connectivity index (χ4n) is 2.77. The predicted molar refractivity (Wildman–Crippen MR) is 104 cm³/mol. The highest BCUT2D eigenvalue weighted by molar-refractivity contribution is 5.68. The average Bonchev–Trinajstić information content (AvgIpc) is 2.65. The van der Waals surface area contributed by atoms with Crippen LogP contribution >= 0.6 is 0 Å². The second-order valence-corrected chi connectivity index (χ2v) is 6.67. The zero-order valence-corrected chi connectivity index (χ0v) is 18.6. The molecule has 1 aliphatic rings. The number of rotatable bonds is 10.